The monoisotopic (exact) mass is 384 g/mol. The van der Waals surface area contributed by atoms with Crippen molar-refractivity contribution in [2.45, 2.75) is 46.6 Å². The Morgan fingerprint density at radius 1 is 1.00 bits per heavy atom. The van der Waals surface area contributed by atoms with E-state index in [9.17, 15) is 4.79 Å². The Morgan fingerprint density at radius 3 is 2.59 bits per heavy atom. The van der Waals surface area contributed by atoms with Crippen molar-refractivity contribution in [3.8, 4) is 0 Å². The highest BCUT2D eigenvalue weighted by molar-refractivity contribution is 6.18. The standard InChI is InChI=1S/C26H28N2O/c1-4-5-7-19-12-13-21-24(15-19)28(16-20-14-17(2)10-11-18(20)3)23-9-6-8-22(25(21)23)26(27)29/h6,8-15H,4-5,7,16H2,1-3H3,(H2,27,29). The molecule has 4 rings (SSSR count). The van der Waals surface area contributed by atoms with E-state index in [0.717, 1.165) is 29.3 Å². The van der Waals surface area contributed by atoms with Crippen molar-refractivity contribution in [1.82, 2.24) is 4.57 Å². The van der Waals surface area contributed by atoms with Crippen LogP contribution in [0.25, 0.3) is 21.8 Å². The predicted octanol–water partition coefficient (Wildman–Crippen LogP) is 5.90. The number of carbonyl (C=O) groups excluding carboxylic acids is 1. The lowest BCUT2D eigenvalue weighted by molar-refractivity contribution is 0.100. The van der Waals surface area contributed by atoms with Crippen LogP contribution in [-0.2, 0) is 13.0 Å². The summed E-state index contributed by atoms with van der Waals surface area (Å²) in [5.74, 6) is -0.378. The van der Waals surface area contributed by atoms with Crippen LogP contribution in [0.4, 0.5) is 0 Å². The summed E-state index contributed by atoms with van der Waals surface area (Å²) in [7, 11) is 0. The molecule has 1 aromatic heterocycles. The molecular formula is C26H28N2O. The van der Waals surface area contributed by atoms with Crippen LogP contribution >= 0.6 is 0 Å². The Balaban J connectivity index is 1.99. The molecule has 0 saturated carbocycles. The third kappa shape index (κ3) is 3.53. The van der Waals surface area contributed by atoms with Crippen LogP contribution in [0.3, 0.4) is 0 Å². The molecule has 0 atom stereocenters. The van der Waals surface area contributed by atoms with Gasteiger partial charge in [0.25, 0.3) is 0 Å². The van der Waals surface area contributed by atoms with E-state index in [1.807, 2.05) is 12.1 Å². The van der Waals surface area contributed by atoms with Crippen LogP contribution in [0.1, 0.15) is 52.4 Å². The molecule has 1 heterocycles. The normalized spacial score (nSPS) is 11.4. The number of hydrogen-bond acceptors (Lipinski definition) is 1. The zero-order valence-corrected chi connectivity index (χ0v) is 17.5. The summed E-state index contributed by atoms with van der Waals surface area (Å²) in [5.41, 5.74) is 13.7. The summed E-state index contributed by atoms with van der Waals surface area (Å²) < 4.78 is 2.34. The van der Waals surface area contributed by atoms with E-state index in [1.54, 1.807) is 0 Å². The lowest BCUT2D eigenvalue weighted by Crippen LogP contribution is -2.11. The molecule has 3 aromatic carbocycles. The van der Waals surface area contributed by atoms with Crippen molar-refractivity contribution in [2.75, 3.05) is 0 Å². The van der Waals surface area contributed by atoms with E-state index >= 15 is 0 Å². The van der Waals surface area contributed by atoms with E-state index in [-0.39, 0.29) is 5.91 Å². The summed E-state index contributed by atoms with van der Waals surface area (Å²) in [6, 6.07) is 19.1. The number of nitrogens with two attached hydrogens (primary N) is 1. The van der Waals surface area contributed by atoms with Crippen molar-refractivity contribution in [3.05, 3.63) is 82.4 Å². The van der Waals surface area contributed by atoms with E-state index in [0.29, 0.717) is 5.56 Å². The maximum absolute atomic E-state index is 12.1. The number of aromatic nitrogens is 1. The minimum atomic E-state index is -0.378. The molecule has 0 spiro atoms. The second-order valence-electron chi connectivity index (χ2n) is 8.04. The highest BCUT2D eigenvalue weighted by atomic mass is 16.1. The maximum Gasteiger partial charge on any atom is 0.249 e. The molecule has 0 saturated heterocycles. The first-order chi connectivity index (χ1) is 14.0. The van der Waals surface area contributed by atoms with Gasteiger partial charge in [0.15, 0.2) is 0 Å². The third-order valence-corrected chi connectivity index (χ3v) is 5.87. The average Bonchev–Trinajstić information content (AvgIpc) is 3.02. The fourth-order valence-electron chi connectivity index (χ4n) is 4.24. The Labute approximate surface area is 172 Å². The summed E-state index contributed by atoms with van der Waals surface area (Å²) in [5, 5.41) is 2.06. The topological polar surface area (TPSA) is 48.0 Å². The van der Waals surface area contributed by atoms with Crippen LogP contribution < -0.4 is 5.73 Å². The van der Waals surface area contributed by atoms with Crippen LogP contribution in [0.15, 0.2) is 54.6 Å². The number of primary amides is 1. The van der Waals surface area contributed by atoms with Gasteiger partial charge in [-0.2, -0.15) is 0 Å². The number of amides is 1. The SMILES string of the molecule is CCCCc1ccc2c3c(C(N)=O)cccc3n(Cc3cc(C)ccc3C)c2c1. The molecule has 1 amide bonds. The van der Waals surface area contributed by atoms with Crippen molar-refractivity contribution < 1.29 is 4.79 Å². The second kappa shape index (κ2) is 7.75. The zero-order valence-electron chi connectivity index (χ0n) is 17.5. The molecule has 3 heteroatoms. The smallest absolute Gasteiger partial charge is 0.249 e. The molecular weight excluding hydrogens is 356 g/mol. The minimum Gasteiger partial charge on any atom is -0.366 e. The third-order valence-electron chi connectivity index (χ3n) is 5.87. The number of benzene rings is 3. The van der Waals surface area contributed by atoms with Gasteiger partial charge in [-0.15, -0.1) is 0 Å². The number of hydrogen-bond donors (Lipinski definition) is 1. The summed E-state index contributed by atoms with van der Waals surface area (Å²) in [4.78, 5) is 12.1. The van der Waals surface area contributed by atoms with Gasteiger partial charge in [0.05, 0.1) is 5.52 Å². The zero-order chi connectivity index (χ0) is 20.5. The van der Waals surface area contributed by atoms with Gasteiger partial charge >= 0.3 is 0 Å². The molecule has 0 bridgehead atoms. The lowest BCUT2D eigenvalue weighted by atomic mass is 10.0. The van der Waals surface area contributed by atoms with Gasteiger partial charge in [-0.3, -0.25) is 4.79 Å². The number of fused-ring (bicyclic) bond motifs is 3. The molecule has 0 fully saturated rings. The first-order valence-corrected chi connectivity index (χ1v) is 10.4. The first-order valence-electron chi connectivity index (χ1n) is 10.4. The van der Waals surface area contributed by atoms with Crippen molar-refractivity contribution >= 4 is 27.7 Å². The van der Waals surface area contributed by atoms with E-state index in [1.165, 1.54) is 40.6 Å². The molecule has 4 aromatic rings. The molecule has 0 aliphatic heterocycles. The molecule has 29 heavy (non-hydrogen) atoms. The lowest BCUT2D eigenvalue weighted by Gasteiger charge is -2.12. The Morgan fingerprint density at radius 2 is 1.83 bits per heavy atom. The van der Waals surface area contributed by atoms with E-state index in [4.69, 9.17) is 5.73 Å². The van der Waals surface area contributed by atoms with Crippen molar-refractivity contribution in [2.24, 2.45) is 5.73 Å². The fraction of sp³-hybridized carbons (Fsp3) is 0.269. The number of nitrogens with zero attached hydrogens (tertiary/aromatic N) is 1. The molecule has 2 N–H and O–H groups in total. The first kappa shape index (κ1) is 19.3. The van der Waals surface area contributed by atoms with E-state index < -0.39 is 0 Å². The number of aryl methyl sites for hydroxylation is 3. The molecule has 0 aliphatic carbocycles. The summed E-state index contributed by atoms with van der Waals surface area (Å²) in [6.45, 7) is 7.27. The van der Waals surface area contributed by atoms with Gasteiger partial charge in [0.1, 0.15) is 0 Å². The van der Waals surface area contributed by atoms with Crippen LogP contribution in [0, 0.1) is 13.8 Å². The fourth-order valence-corrected chi connectivity index (χ4v) is 4.24. The quantitative estimate of drug-likeness (QED) is 0.442. The summed E-state index contributed by atoms with van der Waals surface area (Å²) in [6.07, 6.45) is 3.42. The van der Waals surface area contributed by atoms with Crippen LogP contribution in [0.5, 0.6) is 0 Å². The average molecular weight is 385 g/mol. The van der Waals surface area contributed by atoms with Crippen LogP contribution in [-0.4, -0.2) is 10.5 Å². The summed E-state index contributed by atoms with van der Waals surface area (Å²) >= 11 is 0. The highest BCUT2D eigenvalue weighted by Crippen LogP contribution is 2.33. The molecule has 148 valence electrons. The Kier molecular flexibility index (Phi) is 5.14. The van der Waals surface area contributed by atoms with Gasteiger partial charge < -0.3 is 10.3 Å². The van der Waals surface area contributed by atoms with Crippen molar-refractivity contribution in [3.63, 3.8) is 0 Å². The maximum atomic E-state index is 12.1. The van der Waals surface area contributed by atoms with Gasteiger partial charge in [-0.25, -0.2) is 0 Å². The van der Waals surface area contributed by atoms with Gasteiger partial charge in [0.2, 0.25) is 5.91 Å². The highest BCUT2D eigenvalue weighted by Gasteiger charge is 2.17. The van der Waals surface area contributed by atoms with Gasteiger partial charge in [-0.1, -0.05) is 55.3 Å². The van der Waals surface area contributed by atoms with Gasteiger partial charge in [0, 0.05) is 28.4 Å². The molecule has 3 nitrogen and oxygen atoms in total. The Bertz CT molecular complexity index is 1220. The molecule has 0 radical (unpaired) electrons. The number of carbonyl (C=O) groups is 1. The molecule has 0 aliphatic rings. The van der Waals surface area contributed by atoms with Crippen LogP contribution in [0.2, 0.25) is 0 Å². The number of rotatable bonds is 6. The number of unbranched alkanes of at least 4 members (excludes halogenated alkanes) is 1. The molecule has 0 unspecified atom stereocenters. The van der Waals surface area contributed by atoms with Gasteiger partial charge in [-0.05, 0) is 61.6 Å². The predicted molar refractivity (Wildman–Crippen MR) is 122 cm³/mol. The van der Waals surface area contributed by atoms with Crippen molar-refractivity contribution in [1.29, 1.82) is 0 Å². The largest absolute Gasteiger partial charge is 0.366 e. The minimum absolute atomic E-state index is 0.378. The second-order valence-corrected chi connectivity index (χ2v) is 8.04. The van der Waals surface area contributed by atoms with E-state index in [2.05, 4.69) is 67.8 Å². The Hall–Kier alpha value is -3.07.